The molecule has 0 amide bonds. The molecule has 2 rings (SSSR count). The van der Waals surface area contributed by atoms with Crippen LogP contribution in [0.25, 0.3) is 0 Å². The summed E-state index contributed by atoms with van der Waals surface area (Å²) in [6.45, 7) is 2.72. The molecule has 0 atom stereocenters. The summed E-state index contributed by atoms with van der Waals surface area (Å²) in [5.41, 5.74) is 9.72. The van der Waals surface area contributed by atoms with Gasteiger partial charge >= 0.3 is 0 Å². The number of rotatable bonds is 4. The van der Waals surface area contributed by atoms with Crippen molar-refractivity contribution >= 4 is 27.7 Å². The van der Waals surface area contributed by atoms with Crippen LogP contribution < -0.4 is 5.73 Å². The fourth-order valence-corrected chi connectivity index (χ4v) is 3.64. The van der Waals surface area contributed by atoms with Crippen LogP contribution in [0.15, 0.2) is 51.8 Å². The number of aryl methyl sites for hydroxylation is 1. The summed E-state index contributed by atoms with van der Waals surface area (Å²) in [6, 6.07) is 14.7. The van der Waals surface area contributed by atoms with Crippen molar-refractivity contribution < 1.29 is 0 Å². The molecule has 0 saturated heterocycles. The molecule has 0 bridgehead atoms. The number of halogens is 1. The third-order valence-electron chi connectivity index (χ3n) is 2.92. The number of hydrogen-bond donors (Lipinski definition) is 1. The molecule has 1 nitrogen and oxygen atoms in total. The Labute approximate surface area is 121 Å². The van der Waals surface area contributed by atoms with E-state index >= 15 is 0 Å². The summed E-state index contributed by atoms with van der Waals surface area (Å²) in [5.74, 6) is 0.982. The second-order valence-electron chi connectivity index (χ2n) is 4.14. The third-order valence-corrected chi connectivity index (χ3v) is 4.82. The maximum absolute atomic E-state index is 5.81. The van der Waals surface area contributed by atoms with Gasteiger partial charge in [-0.15, -0.1) is 11.8 Å². The largest absolute Gasteiger partial charge is 0.326 e. The van der Waals surface area contributed by atoms with E-state index in [1.807, 2.05) is 17.8 Å². The van der Waals surface area contributed by atoms with E-state index in [0.717, 1.165) is 10.2 Å². The van der Waals surface area contributed by atoms with E-state index in [-0.39, 0.29) is 0 Å². The Morgan fingerprint density at radius 1 is 1.11 bits per heavy atom. The lowest BCUT2D eigenvalue weighted by molar-refractivity contribution is 1.02. The van der Waals surface area contributed by atoms with Crippen molar-refractivity contribution in [2.24, 2.45) is 5.73 Å². The summed E-state index contributed by atoms with van der Waals surface area (Å²) in [7, 11) is 0. The first-order valence-electron chi connectivity index (χ1n) is 5.87. The lowest BCUT2D eigenvalue weighted by Gasteiger charge is -2.10. The fourth-order valence-electron chi connectivity index (χ4n) is 1.80. The lowest BCUT2D eigenvalue weighted by atomic mass is 10.1. The third kappa shape index (κ3) is 3.16. The summed E-state index contributed by atoms with van der Waals surface area (Å²) in [6.07, 6.45) is 0. The van der Waals surface area contributed by atoms with Gasteiger partial charge in [-0.3, -0.25) is 0 Å². The van der Waals surface area contributed by atoms with Crippen molar-refractivity contribution in [3.05, 3.63) is 63.6 Å². The maximum atomic E-state index is 5.81. The predicted octanol–water partition coefficient (Wildman–Crippen LogP) is 4.51. The van der Waals surface area contributed by atoms with Crippen molar-refractivity contribution in [2.75, 3.05) is 0 Å². The summed E-state index contributed by atoms with van der Waals surface area (Å²) >= 11 is 5.40. The first kappa shape index (κ1) is 13.7. The van der Waals surface area contributed by atoms with Crippen LogP contribution in [0.1, 0.15) is 16.7 Å². The molecule has 0 aliphatic carbocycles. The van der Waals surface area contributed by atoms with Crippen molar-refractivity contribution in [1.29, 1.82) is 0 Å². The van der Waals surface area contributed by atoms with Gasteiger partial charge in [-0.2, -0.15) is 0 Å². The normalized spacial score (nSPS) is 10.6. The molecular weight excluding hydrogens is 306 g/mol. The smallest absolute Gasteiger partial charge is 0.0234 e. The van der Waals surface area contributed by atoms with Crippen LogP contribution in [0.3, 0.4) is 0 Å². The van der Waals surface area contributed by atoms with E-state index < -0.39 is 0 Å². The number of nitrogens with two attached hydrogens (primary N) is 1. The minimum Gasteiger partial charge on any atom is -0.326 e. The zero-order chi connectivity index (χ0) is 13.0. The van der Waals surface area contributed by atoms with Crippen molar-refractivity contribution in [2.45, 2.75) is 24.1 Å². The Hall–Kier alpha value is -0.770. The van der Waals surface area contributed by atoms with E-state index in [9.17, 15) is 0 Å². The highest BCUT2D eigenvalue weighted by Crippen LogP contribution is 2.31. The van der Waals surface area contributed by atoms with Crippen LogP contribution in [-0.2, 0) is 12.3 Å². The van der Waals surface area contributed by atoms with Gasteiger partial charge in [-0.05, 0) is 35.7 Å². The van der Waals surface area contributed by atoms with Gasteiger partial charge in [0.05, 0.1) is 0 Å². The van der Waals surface area contributed by atoms with Crippen LogP contribution in [-0.4, -0.2) is 0 Å². The van der Waals surface area contributed by atoms with Gasteiger partial charge in [0, 0.05) is 21.7 Å². The van der Waals surface area contributed by atoms with Gasteiger partial charge in [0.1, 0.15) is 0 Å². The molecule has 18 heavy (non-hydrogen) atoms. The Bertz CT molecular complexity index is 540. The Morgan fingerprint density at radius 3 is 2.61 bits per heavy atom. The predicted molar refractivity (Wildman–Crippen MR) is 82.8 cm³/mol. The molecule has 2 aromatic rings. The highest BCUT2D eigenvalue weighted by atomic mass is 79.9. The molecule has 0 aliphatic rings. The SMILES string of the molecule is Cc1ccccc1CSc1cccc(Br)c1CN. The molecule has 0 unspecified atom stereocenters. The molecule has 0 spiro atoms. The van der Waals surface area contributed by atoms with E-state index in [2.05, 4.69) is 59.3 Å². The van der Waals surface area contributed by atoms with E-state index in [1.54, 1.807) is 0 Å². The second-order valence-corrected chi connectivity index (χ2v) is 6.01. The van der Waals surface area contributed by atoms with Gasteiger partial charge in [0.2, 0.25) is 0 Å². The molecule has 0 fully saturated rings. The Balaban J connectivity index is 2.16. The van der Waals surface area contributed by atoms with Gasteiger partial charge in [0.25, 0.3) is 0 Å². The molecule has 3 heteroatoms. The van der Waals surface area contributed by atoms with E-state index in [4.69, 9.17) is 5.73 Å². The minimum atomic E-state index is 0.567. The highest BCUT2D eigenvalue weighted by molar-refractivity contribution is 9.10. The molecule has 94 valence electrons. The van der Waals surface area contributed by atoms with E-state index in [1.165, 1.54) is 21.6 Å². The van der Waals surface area contributed by atoms with Gasteiger partial charge in [-0.1, -0.05) is 46.3 Å². The molecule has 2 N–H and O–H groups in total. The Morgan fingerprint density at radius 2 is 1.89 bits per heavy atom. The van der Waals surface area contributed by atoms with Crippen LogP contribution in [0.2, 0.25) is 0 Å². The average molecular weight is 322 g/mol. The monoisotopic (exact) mass is 321 g/mol. The molecule has 0 saturated carbocycles. The molecular formula is C15H16BrNS. The zero-order valence-corrected chi connectivity index (χ0v) is 12.7. The minimum absolute atomic E-state index is 0.567. The first-order chi connectivity index (χ1) is 8.72. The number of hydrogen-bond acceptors (Lipinski definition) is 2. The quantitative estimate of drug-likeness (QED) is 0.838. The lowest BCUT2D eigenvalue weighted by Crippen LogP contribution is -1.99. The maximum Gasteiger partial charge on any atom is 0.0234 e. The fraction of sp³-hybridized carbons (Fsp3) is 0.200. The van der Waals surface area contributed by atoms with Crippen molar-refractivity contribution in [3.63, 3.8) is 0 Å². The first-order valence-corrected chi connectivity index (χ1v) is 7.65. The highest BCUT2D eigenvalue weighted by Gasteiger charge is 2.06. The summed E-state index contributed by atoms with van der Waals surface area (Å²) < 4.78 is 1.10. The van der Waals surface area contributed by atoms with Crippen molar-refractivity contribution in [1.82, 2.24) is 0 Å². The van der Waals surface area contributed by atoms with Crippen LogP contribution in [0.4, 0.5) is 0 Å². The van der Waals surface area contributed by atoms with Gasteiger partial charge in [0.15, 0.2) is 0 Å². The van der Waals surface area contributed by atoms with Crippen molar-refractivity contribution in [3.8, 4) is 0 Å². The van der Waals surface area contributed by atoms with E-state index in [0.29, 0.717) is 6.54 Å². The molecule has 0 heterocycles. The molecule has 0 aliphatic heterocycles. The standard InChI is InChI=1S/C15H16BrNS/c1-11-5-2-3-6-12(11)10-18-15-8-4-7-14(16)13(15)9-17/h2-8H,9-10,17H2,1H3. The molecule has 0 aromatic heterocycles. The number of thioether (sulfide) groups is 1. The van der Waals surface area contributed by atoms with Crippen LogP contribution >= 0.6 is 27.7 Å². The average Bonchev–Trinajstić information content (AvgIpc) is 2.38. The number of benzene rings is 2. The second kappa shape index (κ2) is 6.41. The summed E-state index contributed by atoms with van der Waals surface area (Å²) in [5, 5.41) is 0. The van der Waals surface area contributed by atoms with Gasteiger partial charge < -0.3 is 5.73 Å². The summed E-state index contributed by atoms with van der Waals surface area (Å²) in [4.78, 5) is 1.26. The molecule has 2 aromatic carbocycles. The Kier molecular flexibility index (Phi) is 4.87. The molecule has 0 radical (unpaired) electrons. The van der Waals surface area contributed by atoms with Gasteiger partial charge in [-0.25, -0.2) is 0 Å². The van der Waals surface area contributed by atoms with Crippen LogP contribution in [0, 0.1) is 6.92 Å². The van der Waals surface area contributed by atoms with Crippen LogP contribution in [0.5, 0.6) is 0 Å². The topological polar surface area (TPSA) is 26.0 Å². The zero-order valence-electron chi connectivity index (χ0n) is 10.3.